The highest BCUT2D eigenvalue weighted by Gasteiger charge is 2.25. The highest BCUT2D eigenvalue weighted by atomic mass is 16.5. The minimum atomic E-state index is -0.325. The standard InChI is InChI=1S/C14H16N6O3/c21-14-20(10-3-1-2-4-11(10)23-14)6-5-19-7-8-22-12(9-19)13-15-17-18-16-13/h1-4,12H,5-9H2,(H,15,16,17,18). The zero-order valence-corrected chi connectivity index (χ0v) is 12.4. The Bertz CT molecular complexity index is 840. The van der Waals surface area contributed by atoms with Gasteiger partial charge >= 0.3 is 5.76 Å². The third-order valence-electron chi connectivity index (χ3n) is 4.01. The number of nitrogens with one attached hydrogen (secondary N) is 1. The molecule has 120 valence electrons. The lowest BCUT2D eigenvalue weighted by Gasteiger charge is -2.31. The molecular weight excluding hydrogens is 300 g/mol. The van der Waals surface area contributed by atoms with Crippen molar-refractivity contribution in [3.05, 3.63) is 40.6 Å². The highest BCUT2D eigenvalue weighted by Crippen LogP contribution is 2.18. The molecule has 0 amide bonds. The molecule has 1 N–H and O–H groups in total. The summed E-state index contributed by atoms with van der Waals surface area (Å²) in [7, 11) is 0. The van der Waals surface area contributed by atoms with Gasteiger partial charge in [0.15, 0.2) is 5.58 Å². The van der Waals surface area contributed by atoms with Gasteiger partial charge in [-0.3, -0.25) is 9.47 Å². The zero-order valence-electron chi connectivity index (χ0n) is 12.4. The molecule has 1 fully saturated rings. The van der Waals surface area contributed by atoms with Gasteiger partial charge in [-0.15, -0.1) is 10.2 Å². The van der Waals surface area contributed by atoms with E-state index in [0.717, 1.165) is 18.6 Å². The second-order valence-electron chi connectivity index (χ2n) is 5.42. The fourth-order valence-corrected chi connectivity index (χ4v) is 2.83. The molecule has 1 atom stereocenters. The molecule has 3 aromatic rings. The first kappa shape index (κ1) is 14.1. The predicted molar refractivity (Wildman–Crippen MR) is 79.8 cm³/mol. The van der Waals surface area contributed by atoms with Crippen molar-refractivity contribution in [3.8, 4) is 0 Å². The minimum Gasteiger partial charge on any atom is -0.408 e. The molecule has 1 unspecified atom stereocenters. The average Bonchev–Trinajstić information content (AvgIpc) is 3.21. The van der Waals surface area contributed by atoms with Gasteiger partial charge in [0.1, 0.15) is 6.10 Å². The summed E-state index contributed by atoms with van der Waals surface area (Å²) >= 11 is 0. The van der Waals surface area contributed by atoms with Gasteiger partial charge in [-0.1, -0.05) is 17.3 Å². The number of H-pyrrole nitrogens is 1. The molecule has 0 spiro atoms. The van der Waals surface area contributed by atoms with Crippen molar-refractivity contribution in [2.75, 3.05) is 26.2 Å². The zero-order chi connectivity index (χ0) is 15.6. The van der Waals surface area contributed by atoms with Crippen LogP contribution in [0.1, 0.15) is 11.9 Å². The first-order valence-corrected chi connectivity index (χ1v) is 7.47. The Kier molecular flexibility index (Phi) is 3.64. The lowest BCUT2D eigenvalue weighted by atomic mass is 10.2. The summed E-state index contributed by atoms with van der Waals surface area (Å²) < 4.78 is 12.6. The molecule has 4 rings (SSSR count). The Labute approximate surface area is 130 Å². The molecule has 0 radical (unpaired) electrons. The highest BCUT2D eigenvalue weighted by molar-refractivity contribution is 5.72. The number of fused-ring (bicyclic) bond motifs is 1. The van der Waals surface area contributed by atoms with Crippen LogP contribution in [-0.4, -0.2) is 56.3 Å². The van der Waals surface area contributed by atoms with E-state index in [9.17, 15) is 4.79 Å². The van der Waals surface area contributed by atoms with E-state index in [-0.39, 0.29) is 11.9 Å². The Morgan fingerprint density at radius 2 is 2.22 bits per heavy atom. The van der Waals surface area contributed by atoms with E-state index in [2.05, 4.69) is 25.5 Å². The Morgan fingerprint density at radius 3 is 3.09 bits per heavy atom. The third kappa shape index (κ3) is 2.76. The van der Waals surface area contributed by atoms with Crippen molar-refractivity contribution in [2.45, 2.75) is 12.6 Å². The first-order chi connectivity index (χ1) is 11.3. The molecule has 9 nitrogen and oxygen atoms in total. The number of hydrogen-bond acceptors (Lipinski definition) is 7. The number of morpholine rings is 1. The van der Waals surface area contributed by atoms with E-state index in [1.54, 1.807) is 10.6 Å². The number of para-hydroxylation sites is 2. The van der Waals surface area contributed by atoms with Crippen LogP contribution in [0.2, 0.25) is 0 Å². The van der Waals surface area contributed by atoms with E-state index < -0.39 is 0 Å². The summed E-state index contributed by atoms with van der Waals surface area (Å²) in [6.45, 7) is 3.36. The van der Waals surface area contributed by atoms with Gasteiger partial charge in [-0.25, -0.2) is 4.79 Å². The smallest absolute Gasteiger partial charge is 0.408 e. The summed E-state index contributed by atoms with van der Waals surface area (Å²) in [4.78, 5) is 14.2. The Morgan fingerprint density at radius 1 is 1.30 bits per heavy atom. The molecule has 1 aliphatic heterocycles. The SMILES string of the molecule is O=c1oc2ccccc2n1CCN1CCOC(c2nn[nH]n2)C1. The van der Waals surface area contributed by atoms with Gasteiger partial charge in [-0.2, -0.15) is 5.21 Å². The summed E-state index contributed by atoms with van der Waals surface area (Å²) in [5.41, 5.74) is 1.43. The van der Waals surface area contributed by atoms with E-state index in [0.29, 0.717) is 31.1 Å². The Balaban J connectivity index is 1.46. The molecule has 0 aliphatic carbocycles. The number of aromatic nitrogens is 5. The molecule has 0 saturated carbocycles. The molecule has 1 aromatic carbocycles. The van der Waals surface area contributed by atoms with Crippen LogP contribution in [0.5, 0.6) is 0 Å². The maximum atomic E-state index is 12.0. The molecule has 1 saturated heterocycles. The number of aromatic amines is 1. The average molecular weight is 316 g/mol. The third-order valence-corrected chi connectivity index (χ3v) is 4.01. The summed E-state index contributed by atoms with van der Waals surface area (Å²) in [6, 6.07) is 7.44. The summed E-state index contributed by atoms with van der Waals surface area (Å²) in [6.07, 6.45) is -0.194. The molecule has 1 aliphatic rings. The van der Waals surface area contributed by atoms with E-state index in [1.165, 1.54) is 0 Å². The Hall–Kier alpha value is -2.52. The molecule has 23 heavy (non-hydrogen) atoms. The van der Waals surface area contributed by atoms with Gasteiger partial charge in [0.05, 0.1) is 12.1 Å². The quantitative estimate of drug-likeness (QED) is 0.732. The maximum Gasteiger partial charge on any atom is 0.419 e. The number of oxazole rings is 1. The number of benzene rings is 1. The normalized spacial score (nSPS) is 19.4. The lowest BCUT2D eigenvalue weighted by molar-refractivity contribution is -0.0351. The van der Waals surface area contributed by atoms with Crippen molar-refractivity contribution < 1.29 is 9.15 Å². The van der Waals surface area contributed by atoms with Crippen LogP contribution in [0.4, 0.5) is 0 Å². The number of ether oxygens (including phenoxy) is 1. The largest absolute Gasteiger partial charge is 0.419 e. The molecule has 2 aromatic heterocycles. The number of tetrazole rings is 1. The van der Waals surface area contributed by atoms with Gasteiger partial charge in [0, 0.05) is 26.2 Å². The van der Waals surface area contributed by atoms with Crippen molar-refractivity contribution in [3.63, 3.8) is 0 Å². The second kappa shape index (κ2) is 5.94. The number of hydrogen-bond donors (Lipinski definition) is 1. The van der Waals surface area contributed by atoms with Crippen LogP contribution >= 0.6 is 0 Å². The fourth-order valence-electron chi connectivity index (χ4n) is 2.83. The monoisotopic (exact) mass is 316 g/mol. The predicted octanol–water partition coefficient (Wildman–Crippen LogP) is 0.181. The molecule has 0 bridgehead atoms. The van der Waals surface area contributed by atoms with Crippen LogP contribution in [0.25, 0.3) is 11.1 Å². The van der Waals surface area contributed by atoms with Crippen LogP contribution in [0.15, 0.2) is 33.5 Å². The van der Waals surface area contributed by atoms with Gasteiger partial charge < -0.3 is 9.15 Å². The van der Waals surface area contributed by atoms with Crippen molar-refractivity contribution in [1.82, 2.24) is 30.1 Å². The number of rotatable bonds is 4. The summed E-state index contributed by atoms with van der Waals surface area (Å²) in [5.74, 6) is 0.231. The van der Waals surface area contributed by atoms with Crippen LogP contribution in [-0.2, 0) is 11.3 Å². The van der Waals surface area contributed by atoms with Crippen molar-refractivity contribution in [1.29, 1.82) is 0 Å². The molecule has 9 heteroatoms. The van der Waals surface area contributed by atoms with E-state index >= 15 is 0 Å². The van der Waals surface area contributed by atoms with E-state index in [4.69, 9.17) is 9.15 Å². The van der Waals surface area contributed by atoms with Crippen molar-refractivity contribution >= 4 is 11.1 Å². The van der Waals surface area contributed by atoms with Crippen LogP contribution in [0, 0.1) is 0 Å². The van der Waals surface area contributed by atoms with Crippen LogP contribution in [0.3, 0.4) is 0 Å². The fraction of sp³-hybridized carbons (Fsp3) is 0.429. The topological polar surface area (TPSA) is 102 Å². The second-order valence-corrected chi connectivity index (χ2v) is 5.42. The lowest BCUT2D eigenvalue weighted by Crippen LogP contribution is -2.40. The van der Waals surface area contributed by atoms with E-state index in [1.807, 2.05) is 18.2 Å². The minimum absolute atomic E-state index is 0.194. The van der Waals surface area contributed by atoms with Gasteiger partial charge in [0.25, 0.3) is 0 Å². The van der Waals surface area contributed by atoms with Crippen molar-refractivity contribution in [2.24, 2.45) is 0 Å². The first-order valence-electron chi connectivity index (χ1n) is 7.47. The molecule has 3 heterocycles. The van der Waals surface area contributed by atoms with Gasteiger partial charge in [0.2, 0.25) is 5.82 Å². The maximum absolute atomic E-state index is 12.0. The number of nitrogens with zero attached hydrogens (tertiary/aromatic N) is 5. The molecular formula is C14H16N6O3. The van der Waals surface area contributed by atoms with Crippen LogP contribution < -0.4 is 5.76 Å². The van der Waals surface area contributed by atoms with Gasteiger partial charge in [-0.05, 0) is 12.1 Å². The summed E-state index contributed by atoms with van der Waals surface area (Å²) in [5, 5.41) is 13.9.